The highest BCUT2D eigenvalue weighted by atomic mass is 35.5. The van der Waals surface area contributed by atoms with Crippen molar-refractivity contribution in [2.45, 2.75) is 6.04 Å². The number of hydrogen-bond acceptors (Lipinski definition) is 7. The van der Waals surface area contributed by atoms with E-state index in [4.69, 9.17) is 25.8 Å². The van der Waals surface area contributed by atoms with Crippen LogP contribution in [0.5, 0.6) is 23.0 Å². The molecular weight excluding hydrogens is 474 g/mol. The SMILES string of the molecule is COc1ccc(N2C(=O)C(=O)/C(=C(/O)c3cc(OC)c(Cl)cc3OC)C2c2cccc(O)c2)cc1. The average molecular weight is 496 g/mol. The van der Waals surface area contributed by atoms with E-state index < -0.39 is 23.5 Å². The number of carbonyl (C=O) groups excluding carboxylic acids is 2. The molecule has 0 aliphatic carbocycles. The van der Waals surface area contributed by atoms with E-state index in [1.807, 2.05) is 0 Å². The van der Waals surface area contributed by atoms with Crippen molar-refractivity contribution in [3.63, 3.8) is 0 Å². The summed E-state index contributed by atoms with van der Waals surface area (Å²) < 4.78 is 15.8. The Morgan fingerprint density at radius 1 is 0.914 bits per heavy atom. The fourth-order valence-electron chi connectivity index (χ4n) is 4.04. The molecule has 0 radical (unpaired) electrons. The molecule has 4 rings (SSSR count). The first-order chi connectivity index (χ1) is 16.8. The zero-order valence-corrected chi connectivity index (χ0v) is 19.9. The zero-order chi connectivity index (χ0) is 25.3. The second kappa shape index (κ2) is 9.60. The van der Waals surface area contributed by atoms with Crippen molar-refractivity contribution in [2.75, 3.05) is 26.2 Å². The van der Waals surface area contributed by atoms with E-state index in [0.29, 0.717) is 17.0 Å². The van der Waals surface area contributed by atoms with E-state index in [-0.39, 0.29) is 33.4 Å². The topological polar surface area (TPSA) is 106 Å². The quantitative estimate of drug-likeness (QED) is 0.290. The first kappa shape index (κ1) is 24.0. The molecule has 8 nitrogen and oxygen atoms in total. The number of rotatable bonds is 6. The molecular formula is C26H22ClNO7. The van der Waals surface area contributed by atoms with Gasteiger partial charge in [0.1, 0.15) is 28.8 Å². The number of hydrogen-bond donors (Lipinski definition) is 2. The predicted molar refractivity (Wildman–Crippen MR) is 130 cm³/mol. The van der Waals surface area contributed by atoms with Crippen LogP contribution >= 0.6 is 11.6 Å². The lowest BCUT2D eigenvalue weighted by Gasteiger charge is -2.26. The molecule has 3 aromatic rings. The van der Waals surface area contributed by atoms with Gasteiger partial charge in [0.25, 0.3) is 11.7 Å². The second-order valence-corrected chi connectivity index (χ2v) is 8.06. The number of Topliss-reactive ketones (excluding diaryl/α,β-unsaturated/α-hetero) is 1. The highest BCUT2D eigenvalue weighted by molar-refractivity contribution is 6.51. The van der Waals surface area contributed by atoms with Gasteiger partial charge in [-0.1, -0.05) is 23.7 Å². The van der Waals surface area contributed by atoms with E-state index >= 15 is 0 Å². The number of anilines is 1. The van der Waals surface area contributed by atoms with E-state index in [1.54, 1.807) is 36.4 Å². The summed E-state index contributed by atoms with van der Waals surface area (Å²) >= 11 is 6.20. The summed E-state index contributed by atoms with van der Waals surface area (Å²) in [6.45, 7) is 0. The molecule has 1 atom stereocenters. The molecule has 1 amide bonds. The summed E-state index contributed by atoms with van der Waals surface area (Å²) in [6.07, 6.45) is 0. The van der Waals surface area contributed by atoms with E-state index in [1.165, 1.54) is 50.5 Å². The first-order valence-corrected chi connectivity index (χ1v) is 10.8. The van der Waals surface area contributed by atoms with Gasteiger partial charge in [-0.05, 0) is 48.0 Å². The van der Waals surface area contributed by atoms with Crippen LogP contribution in [0.1, 0.15) is 17.2 Å². The van der Waals surface area contributed by atoms with Gasteiger partial charge in [0.2, 0.25) is 0 Å². The third-order valence-corrected chi connectivity index (χ3v) is 6.01. The van der Waals surface area contributed by atoms with Crippen LogP contribution < -0.4 is 19.1 Å². The zero-order valence-electron chi connectivity index (χ0n) is 19.1. The minimum Gasteiger partial charge on any atom is -0.508 e. The molecule has 2 N–H and O–H groups in total. The van der Waals surface area contributed by atoms with Crippen molar-refractivity contribution in [1.82, 2.24) is 0 Å². The molecule has 0 spiro atoms. The maximum absolute atomic E-state index is 13.3. The van der Waals surface area contributed by atoms with Gasteiger partial charge in [-0.25, -0.2) is 0 Å². The lowest BCUT2D eigenvalue weighted by atomic mass is 9.94. The molecule has 35 heavy (non-hydrogen) atoms. The fourth-order valence-corrected chi connectivity index (χ4v) is 4.27. The van der Waals surface area contributed by atoms with E-state index in [0.717, 1.165) is 0 Å². The summed E-state index contributed by atoms with van der Waals surface area (Å²) in [5, 5.41) is 21.8. The number of ether oxygens (including phenoxy) is 3. The Labute approximate surface area is 206 Å². The number of ketones is 1. The Kier molecular flexibility index (Phi) is 6.57. The van der Waals surface area contributed by atoms with Crippen molar-refractivity contribution >= 4 is 34.7 Å². The van der Waals surface area contributed by atoms with Crippen LogP contribution in [0.2, 0.25) is 5.02 Å². The van der Waals surface area contributed by atoms with E-state index in [2.05, 4.69) is 0 Å². The number of aromatic hydroxyl groups is 1. The third-order valence-electron chi connectivity index (χ3n) is 5.71. The molecule has 1 aliphatic heterocycles. The van der Waals surface area contributed by atoms with Crippen LogP contribution in [0.15, 0.2) is 66.2 Å². The highest BCUT2D eigenvalue weighted by Crippen LogP contribution is 2.45. The Morgan fingerprint density at radius 2 is 1.60 bits per heavy atom. The van der Waals surface area contributed by atoms with Crippen molar-refractivity contribution < 1.29 is 34.0 Å². The molecule has 0 bridgehead atoms. The summed E-state index contributed by atoms with van der Waals surface area (Å²) in [4.78, 5) is 27.9. The molecule has 1 fully saturated rings. The lowest BCUT2D eigenvalue weighted by Crippen LogP contribution is -2.29. The molecule has 1 unspecified atom stereocenters. The molecule has 0 aromatic heterocycles. The van der Waals surface area contributed by atoms with Gasteiger partial charge in [0.05, 0.1) is 43.5 Å². The largest absolute Gasteiger partial charge is 0.508 e. The molecule has 1 saturated heterocycles. The highest BCUT2D eigenvalue weighted by Gasteiger charge is 2.47. The second-order valence-electron chi connectivity index (χ2n) is 7.65. The predicted octanol–water partition coefficient (Wildman–Crippen LogP) is 4.70. The molecule has 9 heteroatoms. The lowest BCUT2D eigenvalue weighted by molar-refractivity contribution is -0.132. The Bertz CT molecular complexity index is 1330. The summed E-state index contributed by atoms with van der Waals surface area (Å²) in [7, 11) is 4.31. The van der Waals surface area contributed by atoms with Gasteiger partial charge in [0.15, 0.2) is 0 Å². The summed E-state index contributed by atoms with van der Waals surface area (Å²) in [6, 6.07) is 14.5. The standard InChI is InChI=1S/C26H22ClNO7/c1-33-17-9-7-15(8-10-17)28-23(14-5-4-6-16(29)11-14)22(25(31)26(28)32)24(30)18-12-21(35-3)19(27)13-20(18)34-2/h4-13,23,29-30H,1-3H3/b24-22+. The van der Waals surface area contributed by atoms with Gasteiger partial charge in [0, 0.05) is 11.8 Å². The maximum atomic E-state index is 13.3. The number of aliphatic hydroxyl groups excluding tert-OH is 1. The third kappa shape index (κ3) is 4.24. The number of methoxy groups -OCH3 is 3. The summed E-state index contributed by atoms with van der Waals surface area (Å²) in [5.74, 6) is -1.29. The smallest absolute Gasteiger partial charge is 0.300 e. The number of amides is 1. The Balaban J connectivity index is 1.98. The van der Waals surface area contributed by atoms with Gasteiger partial charge >= 0.3 is 0 Å². The van der Waals surface area contributed by atoms with Crippen LogP contribution in [0.4, 0.5) is 5.69 Å². The number of benzene rings is 3. The van der Waals surface area contributed by atoms with Crippen molar-refractivity contribution in [1.29, 1.82) is 0 Å². The van der Waals surface area contributed by atoms with Gasteiger partial charge in [-0.15, -0.1) is 0 Å². The van der Waals surface area contributed by atoms with Gasteiger partial charge in [-0.2, -0.15) is 0 Å². The van der Waals surface area contributed by atoms with Gasteiger partial charge in [-0.3, -0.25) is 14.5 Å². The number of carbonyl (C=O) groups is 2. The van der Waals surface area contributed by atoms with Crippen molar-refractivity contribution in [3.05, 3.63) is 82.4 Å². The molecule has 0 saturated carbocycles. The summed E-state index contributed by atoms with van der Waals surface area (Å²) in [5.41, 5.74) is 0.758. The maximum Gasteiger partial charge on any atom is 0.300 e. The number of aliphatic hydroxyl groups is 1. The Hall–Kier alpha value is -4.17. The Morgan fingerprint density at radius 3 is 2.20 bits per heavy atom. The number of phenolic OH excluding ortho intramolecular Hbond substituents is 1. The number of phenols is 1. The number of halogens is 1. The molecule has 180 valence electrons. The van der Waals surface area contributed by atoms with Crippen LogP contribution in [-0.4, -0.2) is 43.2 Å². The van der Waals surface area contributed by atoms with Crippen molar-refractivity contribution in [2.24, 2.45) is 0 Å². The monoisotopic (exact) mass is 495 g/mol. The van der Waals surface area contributed by atoms with E-state index in [9.17, 15) is 19.8 Å². The minimum atomic E-state index is -1.04. The molecule has 1 aliphatic rings. The van der Waals surface area contributed by atoms with Crippen molar-refractivity contribution in [3.8, 4) is 23.0 Å². The van der Waals surface area contributed by atoms with Gasteiger partial charge < -0.3 is 24.4 Å². The fraction of sp³-hybridized carbons (Fsp3) is 0.154. The molecule has 1 heterocycles. The normalized spacial score (nSPS) is 16.9. The van der Waals surface area contributed by atoms with Crippen LogP contribution in [0, 0.1) is 0 Å². The first-order valence-electron chi connectivity index (χ1n) is 10.5. The number of nitrogens with zero attached hydrogens (tertiary/aromatic N) is 1. The van der Waals surface area contributed by atoms with Crippen LogP contribution in [0.25, 0.3) is 5.76 Å². The van der Waals surface area contributed by atoms with Crippen LogP contribution in [0.3, 0.4) is 0 Å². The molecule has 3 aromatic carbocycles. The van der Waals surface area contributed by atoms with Crippen LogP contribution in [-0.2, 0) is 9.59 Å². The minimum absolute atomic E-state index is 0.0615. The average Bonchev–Trinajstić information content (AvgIpc) is 3.13.